The van der Waals surface area contributed by atoms with Crippen LogP contribution in [0.15, 0.2) is 18.2 Å². The molecule has 19 heavy (non-hydrogen) atoms. The van der Waals surface area contributed by atoms with Gasteiger partial charge in [0.05, 0.1) is 0 Å². The van der Waals surface area contributed by atoms with E-state index in [1.165, 1.54) is 0 Å². The first-order chi connectivity index (χ1) is 9.19. The first-order valence-electron chi connectivity index (χ1n) is 6.48. The van der Waals surface area contributed by atoms with Crippen LogP contribution in [0, 0.1) is 0 Å². The second-order valence-corrected chi connectivity index (χ2v) is 5.48. The van der Waals surface area contributed by atoms with Crippen molar-refractivity contribution in [2.75, 3.05) is 24.5 Å². The van der Waals surface area contributed by atoms with Gasteiger partial charge in [-0.1, -0.05) is 11.6 Å². The number of aldehydes is 1. The third kappa shape index (κ3) is 2.21. The van der Waals surface area contributed by atoms with Gasteiger partial charge in [0.25, 0.3) is 0 Å². The number of halogens is 1. The molecule has 4 nitrogen and oxygen atoms in total. The maximum Gasteiger partial charge on any atom is 0.223 e. The fraction of sp³-hybridized carbons (Fsp3) is 0.429. The SMILES string of the molecule is O=Cc1ccc(Cl)cc1N1CCN2C(=O)CCC2C1. The van der Waals surface area contributed by atoms with Crippen LogP contribution in [0.4, 0.5) is 5.69 Å². The number of piperazine rings is 1. The summed E-state index contributed by atoms with van der Waals surface area (Å²) in [5.74, 6) is 0.256. The van der Waals surface area contributed by atoms with Crippen molar-refractivity contribution < 1.29 is 9.59 Å². The summed E-state index contributed by atoms with van der Waals surface area (Å²) in [6, 6.07) is 5.58. The predicted octanol–water partition coefficient (Wildman–Crippen LogP) is 1.96. The maximum atomic E-state index is 11.7. The van der Waals surface area contributed by atoms with E-state index in [2.05, 4.69) is 4.90 Å². The topological polar surface area (TPSA) is 40.6 Å². The molecule has 1 aromatic carbocycles. The molecular weight excluding hydrogens is 264 g/mol. The average Bonchev–Trinajstić information content (AvgIpc) is 2.80. The minimum atomic E-state index is 0.256. The lowest BCUT2D eigenvalue weighted by Crippen LogP contribution is -2.51. The molecule has 1 amide bonds. The molecule has 0 aromatic heterocycles. The normalized spacial score (nSPS) is 22.6. The van der Waals surface area contributed by atoms with E-state index in [0.717, 1.165) is 38.0 Å². The Morgan fingerprint density at radius 1 is 1.32 bits per heavy atom. The summed E-state index contributed by atoms with van der Waals surface area (Å²) < 4.78 is 0. The predicted molar refractivity (Wildman–Crippen MR) is 73.8 cm³/mol. The molecule has 0 aliphatic carbocycles. The number of rotatable bonds is 2. The van der Waals surface area contributed by atoms with E-state index >= 15 is 0 Å². The molecule has 1 aromatic rings. The molecule has 0 N–H and O–H groups in total. The largest absolute Gasteiger partial charge is 0.367 e. The van der Waals surface area contributed by atoms with Crippen LogP contribution in [0.1, 0.15) is 23.2 Å². The quantitative estimate of drug-likeness (QED) is 0.777. The summed E-state index contributed by atoms with van der Waals surface area (Å²) in [6.07, 6.45) is 2.42. The molecule has 1 atom stereocenters. The number of benzene rings is 1. The summed E-state index contributed by atoms with van der Waals surface area (Å²) in [4.78, 5) is 26.9. The maximum absolute atomic E-state index is 11.7. The Kier molecular flexibility index (Phi) is 3.19. The van der Waals surface area contributed by atoms with Gasteiger partial charge >= 0.3 is 0 Å². The van der Waals surface area contributed by atoms with Crippen molar-refractivity contribution in [2.45, 2.75) is 18.9 Å². The number of anilines is 1. The summed E-state index contributed by atoms with van der Waals surface area (Å²) in [6.45, 7) is 2.27. The van der Waals surface area contributed by atoms with Crippen LogP contribution >= 0.6 is 11.6 Å². The molecule has 2 heterocycles. The van der Waals surface area contributed by atoms with E-state index < -0.39 is 0 Å². The Morgan fingerprint density at radius 3 is 2.95 bits per heavy atom. The van der Waals surface area contributed by atoms with Crippen LogP contribution in [0.5, 0.6) is 0 Å². The lowest BCUT2D eigenvalue weighted by molar-refractivity contribution is -0.129. The van der Waals surface area contributed by atoms with Gasteiger partial charge in [-0.05, 0) is 24.6 Å². The van der Waals surface area contributed by atoms with Crippen molar-refractivity contribution in [3.8, 4) is 0 Å². The molecule has 5 heteroatoms. The second-order valence-electron chi connectivity index (χ2n) is 5.05. The van der Waals surface area contributed by atoms with Gasteiger partial charge in [0, 0.05) is 48.4 Å². The second kappa shape index (κ2) is 4.85. The minimum absolute atomic E-state index is 0.256. The summed E-state index contributed by atoms with van der Waals surface area (Å²) in [5, 5.41) is 0.630. The Labute approximate surface area is 116 Å². The van der Waals surface area contributed by atoms with Crippen LogP contribution in [0.25, 0.3) is 0 Å². The number of carbonyl (C=O) groups excluding carboxylic acids is 2. The molecule has 100 valence electrons. The van der Waals surface area contributed by atoms with Gasteiger partial charge in [0.1, 0.15) is 0 Å². The zero-order valence-electron chi connectivity index (χ0n) is 10.5. The third-order valence-electron chi connectivity index (χ3n) is 3.95. The summed E-state index contributed by atoms with van der Waals surface area (Å²) in [5.41, 5.74) is 1.53. The Balaban J connectivity index is 1.86. The lowest BCUT2D eigenvalue weighted by Gasteiger charge is -2.39. The van der Waals surface area contributed by atoms with Crippen LogP contribution in [0.2, 0.25) is 5.02 Å². The van der Waals surface area contributed by atoms with Crippen molar-refractivity contribution in [3.05, 3.63) is 28.8 Å². The van der Waals surface area contributed by atoms with Crippen molar-refractivity contribution in [1.29, 1.82) is 0 Å². The number of hydrogen-bond donors (Lipinski definition) is 0. The summed E-state index contributed by atoms with van der Waals surface area (Å²) >= 11 is 6.02. The monoisotopic (exact) mass is 278 g/mol. The molecule has 1 unspecified atom stereocenters. The fourth-order valence-corrected chi connectivity index (χ4v) is 3.14. The van der Waals surface area contributed by atoms with E-state index in [9.17, 15) is 9.59 Å². The highest BCUT2D eigenvalue weighted by atomic mass is 35.5. The van der Waals surface area contributed by atoms with Gasteiger partial charge in [-0.2, -0.15) is 0 Å². The van der Waals surface area contributed by atoms with Gasteiger partial charge in [-0.15, -0.1) is 0 Å². The van der Waals surface area contributed by atoms with E-state index in [1.54, 1.807) is 12.1 Å². The highest BCUT2D eigenvalue weighted by Gasteiger charge is 2.35. The van der Waals surface area contributed by atoms with Crippen molar-refractivity contribution in [3.63, 3.8) is 0 Å². The fourth-order valence-electron chi connectivity index (χ4n) is 2.97. The highest BCUT2D eigenvalue weighted by Crippen LogP contribution is 2.29. The first kappa shape index (κ1) is 12.5. The number of fused-ring (bicyclic) bond motifs is 1. The van der Waals surface area contributed by atoms with Crippen molar-refractivity contribution in [2.24, 2.45) is 0 Å². The first-order valence-corrected chi connectivity index (χ1v) is 6.86. The van der Waals surface area contributed by atoms with E-state index in [-0.39, 0.29) is 11.9 Å². The Morgan fingerprint density at radius 2 is 2.16 bits per heavy atom. The van der Waals surface area contributed by atoms with Gasteiger partial charge in [0.2, 0.25) is 5.91 Å². The molecule has 0 radical (unpaired) electrons. The molecular formula is C14H15ClN2O2. The lowest BCUT2D eigenvalue weighted by atomic mass is 10.1. The standard InChI is InChI=1S/C14H15ClN2O2/c15-11-2-1-10(9-18)13(7-11)16-5-6-17-12(8-16)3-4-14(17)19/h1-2,7,9,12H,3-6,8H2. The van der Waals surface area contributed by atoms with Crippen molar-refractivity contribution in [1.82, 2.24) is 4.90 Å². The van der Waals surface area contributed by atoms with Gasteiger partial charge in [0.15, 0.2) is 6.29 Å². The molecule has 0 spiro atoms. The zero-order chi connectivity index (χ0) is 13.4. The molecule has 2 aliphatic heterocycles. The Hall–Kier alpha value is -1.55. The Bertz CT molecular complexity index is 532. The summed E-state index contributed by atoms with van der Waals surface area (Å²) in [7, 11) is 0. The van der Waals surface area contributed by atoms with Gasteiger partial charge in [-0.25, -0.2) is 0 Å². The van der Waals surface area contributed by atoms with E-state index in [0.29, 0.717) is 17.0 Å². The molecule has 0 saturated carbocycles. The number of amides is 1. The highest BCUT2D eigenvalue weighted by molar-refractivity contribution is 6.31. The third-order valence-corrected chi connectivity index (χ3v) is 4.19. The van der Waals surface area contributed by atoms with Crippen LogP contribution in [0.3, 0.4) is 0 Å². The van der Waals surface area contributed by atoms with Crippen LogP contribution in [-0.4, -0.2) is 42.8 Å². The number of nitrogens with zero attached hydrogens (tertiary/aromatic N) is 2. The molecule has 2 saturated heterocycles. The molecule has 3 rings (SSSR count). The zero-order valence-corrected chi connectivity index (χ0v) is 11.3. The smallest absolute Gasteiger partial charge is 0.223 e. The van der Waals surface area contributed by atoms with E-state index in [1.807, 2.05) is 11.0 Å². The minimum Gasteiger partial charge on any atom is -0.367 e. The molecule has 0 bridgehead atoms. The number of hydrogen-bond acceptors (Lipinski definition) is 3. The van der Waals surface area contributed by atoms with Crippen molar-refractivity contribution >= 4 is 29.5 Å². The van der Waals surface area contributed by atoms with Crippen LogP contribution in [-0.2, 0) is 4.79 Å². The van der Waals surface area contributed by atoms with Crippen LogP contribution < -0.4 is 4.90 Å². The molecule has 2 fully saturated rings. The van der Waals surface area contributed by atoms with Gasteiger partial charge < -0.3 is 9.80 Å². The van der Waals surface area contributed by atoms with Gasteiger partial charge in [-0.3, -0.25) is 9.59 Å². The number of carbonyl (C=O) groups is 2. The average molecular weight is 279 g/mol. The molecule has 2 aliphatic rings. The van der Waals surface area contributed by atoms with E-state index in [4.69, 9.17) is 11.6 Å².